The third kappa shape index (κ3) is 4.78. The average Bonchev–Trinajstić information content (AvgIpc) is 3.42. The molecule has 0 amide bonds. The van der Waals surface area contributed by atoms with Crippen molar-refractivity contribution in [3.63, 3.8) is 0 Å². The number of hydrogen-bond donors (Lipinski definition) is 1. The van der Waals surface area contributed by atoms with Gasteiger partial charge in [0.1, 0.15) is 24.5 Å². The number of rotatable bonds is 8. The fourth-order valence-corrected chi connectivity index (χ4v) is 5.10. The summed E-state index contributed by atoms with van der Waals surface area (Å²) < 4.78 is 21.1. The van der Waals surface area contributed by atoms with E-state index in [1.165, 1.54) is 4.68 Å². The first-order valence-electron chi connectivity index (χ1n) is 11.4. The van der Waals surface area contributed by atoms with Crippen molar-refractivity contribution >= 4 is 40.8 Å². The Balaban J connectivity index is 1.64. The van der Waals surface area contributed by atoms with E-state index in [2.05, 4.69) is 20.5 Å². The molecule has 2 aromatic heterocycles. The number of imidazole rings is 1. The van der Waals surface area contributed by atoms with Crippen LogP contribution in [0.5, 0.6) is 11.5 Å². The van der Waals surface area contributed by atoms with Crippen LogP contribution in [0.25, 0.3) is 5.69 Å². The van der Waals surface area contributed by atoms with Crippen molar-refractivity contribution in [3.8, 4) is 17.2 Å². The molecule has 2 aromatic carbocycles. The highest BCUT2D eigenvalue weighted by Crippen LogP contribution is 2.47. The molecule has 1 aliphatic heterocycles. The fourth-order valence-electron chi connectivity index (χ4n) is 4.53. The number of carboxylic acids is 1. The van der Waals surface area contributed by atoms with Gasteiger partial charge in [-0.3, -0.25) is 9.36 Å². The van der Waals surface area contributed by atoms with Gasteiger partial charge in [-0.1, -0.05) is 46.9 Å². The number of carbonyl (C=O) groups is 1. The zero-order valence-corrected chi connectivity index (χ0v) is 22.4. The zero-order chi connectivity index (χ0) is 27.0. The van der Waals surface area contributed by atoms with E-state index >= 15 is 0 Å². The standard InChI is InChI=1S/C24H21Cl3N6O5/c1-36-16-5-3-4-13(21(16)37-2)20-14-10-12(25)6-7-15(14)33-23(27)22(26)28-24(33)17(38-20)8-9-32-18(11-19(34)35)29-30-31-32/h3-7,10,17,20H,8-9,11H2,1-2H3,(H,34,35)/t17-,20-/m1/s1. The number of para-hydroxylation sites is 1. The van der Waals surface area contributed by atoms with E-state index in [1.807, 2.05) is 18.2 Å². The van der Waals surface area contributed by atoms with Crippen molar-refractivity contribution in [1.29, 1.82) is 0 Å². The van der Waals surface area contributed by atoms with Gasteiger partial charge in [0.25, 0.3) is 0 Å². The molecule has 0 saturated carbocycles. The van der Waals surface area contributed by atoms with Crippen LogP contribution in [0.1, 0.15) is 41.4 Å². The van der Waals surface area contributed by atoms with Crippen molar-refractivity contribution < 1.29 is 24.1 Å². The van der Waals surface area contributed by atoms with Crippen LogP contribution in [0, 0.1) is 0 Å². The smallest absolute Gasteiger partial charge is 0.311 e. The van der Waals surface area contributed by atoms with E-state index in [0.717, 1.165) is 0 Å². The molecule has 0 bridgehead atoms. The summed E-state index contributed by atoms with van der Waals surface area (Å²) in [6.45, 7) is 0.238. The summed E-state index contributed by atoms with van der Waals surface area (Å²) in [7, 11) is 3.11. The molecule has 4 aromatic rings. The maximum atomic E-state index is 11.2. The van der Waals surface area contributed by atoms with Gasteiger partial charge in [-0.15, -0.1) is 5.10 Å². The quantitative estimate of drug-likeness (QED) is 0.316. The minimum absolute atomic E-state index is 0.113. The molecule has 2 atom stereocenters. The molecule has 0 saturated heterocycles. The normalized spacial score (nSPS) is 16.4. The Kier molecular flexibility index (Phi) is 7.44. The molecular weight excluding hydrogens is 559 g/mol. The molecule has 0 radical (unpaired) electrons. The third-order valence-electron chi connectivity index (χ3n) is 6.14. The van der Waals surface area contributed by atoms with Crippen LogP contribution in [0.3, 0.4) is 0 Å². The van der Waals surface area contributed by atoms with Crippen LogP contribution >= 0.6 is 34.8 Å². The maximum absolute atomic E-state index is 11.2. The summed E-state index contributed by atoms with van der Waals surface area (Å²) in [6.07, 6.45) is -1.36. The topological polar surface area (TPSA) is 126 Å². The summed E-state index contributed by atoms with van der Waals surface area (Å²) in [6, 6.07) is 10.9. The lowest BCUT2D eigenvalue weighted by Crippen LogP contribution is -2.17. The highest BCUT2D eigenvalue weighted by atomic mass is 35.5. The molecule has 0 unspecified atom stereocenters. The van der Waals surface area contributed by atoms with Gasteiger partial charge in [0, 0.05) is 29.1 Å². The highest BCUT2D eigenvalue weighted by Gasteiger charge is 2.36. The summed E-state index contributed by atoms with van der Waals surface area (Å²) in [5, 5.41) is 21.4. The maximum Gasteiger partial charge on any atom is 0.311 e. The predicted octanol–water partition coefficient (Wildman–Crippen LogP) is 4.71. The lowest BCUT2D eigenvalue weighted by atomic mass is 9.98. The van der Waals surface area contributed by atoms with Gasteiger partial charge in [-0.2, -0.15) is 0 Å². The number of aryl methyl sites for hydroxylation is 1. The van der Waals surface area contributed by atoms with Crippen molar-refractivity contribution in [2.24, 2.45) is 0 Å². The Hall–Kier alpha value is -3.38. The van der Waals surface area contributed by atoms with E-state index in [4.69, 9.17) is 49.0 Å². The van der Waals surface area contributed by atoms with E-state index in [-0.39, 0.29) is 29.1 Å². The molecule has 1 N–H and O–H groups in total. The number of hydrogen-bond acceptors (Lipinski definition) is 8. The van der Waals surface area contributed by atoms with Gasteiger partial charge in [0.2, 0.25) is 0 Å². The molecule has 1 aliphatic rings. The Bertz CT molecular complexity index is 1510. The number of halogens is 3. The van der Waals surface area contributed by atoms with Gasteiger partial charge < -0.3 is 19.3 Å². The Morgan fingerprint density at radius 1 is 1.13 bits per heavy atom. The number of tetrazole rings is 1. The van der Waals surface area contributed by atoms with Gasteiger partial charge in [0.15, 0.2) is 27.6 Å². The first-order valence-corrected chi connectivity index (χ1v) is 12.5. The second-order valence-electron chi connectivity index (χ2n) is 8.36. The summed E-state index contributed by atoms with van der Waals surface area (Å²) >= 11 is 19.5. The number of ether oxygens (including phenoxy) is 3. The number of carboxylic acid groups (broad SMARTS) is 1. The summed E-state index contributed by atoms with van der Waals surface area (Å²) in [5.74, 6) is 0.659. The number of fused-ring (bicyclic) bond motifs is 3. The minimum Gasteiger partial charge on any atom is -0.493 e. The number of benzene rings is 2. The van der Waals surface area contributed by atoms with Crippen LogP contribution in [0.15, 0.2) is 36.4 Å². The zero-order valence-electron chi connectivity index (χ0n) is 20.1. The molecule has 3 heterocycles. The highest BCUT2D eigenvalue weighted by molar-refractivity contribution is 6.40. The molecule has 0 aliphatic carbocycles. The largest absolute Gasteiger partial charge is 0.493 e. The van der Waals surface area contributed by atoms with Gasteiger partial charge in [-0.05, 0) is 34.7 Å². The van der Waals surface area contributed by atoms with E-state index in [1.54, 1.807) is 37.0 Å². The molecule has 198 valence electrons. The van der Waals surface area contributed by atoms with Crippen LogP contribution < -0.4 is 9.47 Å². The number of aliphatic carboxylic acids is 1. The average molecular weight is 580 g/mol. The van der Waals surface area contributed by atoms with Crippen LogP contribution in [-0.2, 0) is 22.5 Å². The first-order chi connectivity index (χ1) is 18.3. The van der Waals surface area contributed by atoms with Gasteiger partial charge in [0.05, 0.1) is 19.9 Å². The number of nitrogens with zero attached hydrogens (tertiary/aromatic N) is 6. The molecule has 14 heteroatoms. The Morgan fingerprint density at radius 3 is 2.68 bits per heavy atom. The minimum atomic E-state index is -1.04. The second kappa shape index (κ2) is 10.8. The SMILES string of the molecule is COc1cccc([C@H]2O[C@H](CCn3nnnc3CC(=O)O)c3nc(Cl)c(Cl)n3-c3ccc(Cl)cc32)c1OC. The summed E-state index contributed by atoms with van der Waals surface area (Å²) in [5.41, 5.74) is 2.08. The van der Waals surface area contributed by atoms with Gasteiger partial charge >= 0.3 is 5.97 Å². The summed E-state index contributed by atoms with van der Waals surface area (Å²) in [4.78, 5) is 15.7. The molecule has 38 heavy (non-hydrogen) atoms. The molecule has 11 nitrogen and oxygen atoms in total. The Labute approximate surface area is 231 Å². The molecule has 0 fully saturated rings. The fraction of sp³-hybridized carbons (Fsp3) is 0.292. The lowest BCUT2D eigenvalue weighted by Gasteiger charge is -2.25. The van der Waals surface area contributed by atoms with Crippen molar-refractivity contribution in [2.45, 2.75) is 31.6 Å². The van der Waals surface area contributed by atoms with Crippen LogP contribution in [-0.4, -0.2) is 55.1 Å². The van der Waals surface area contributed by atoms with Gasteiger partial charge in [-0.25, -0.2) is 9.67 Å². The van der Waals surface area contributed by atoms with E-state index in [0.29, 0.717) is 45.6 Å². The third-order valence-corrected chi connectivity index (χ3v) is 7.09. The van der Waals surface area contributed by atoms with Crippen LogP contribution in [0.4, 0.5) is 0 Å². The van der Waals surface area contributed by atoms with Crippen LogP contribution in [0.2, 0.25) is 15.3 Å². The number of methoxy groups -OCH3 is 2. The monoisotopic (exact) mass is 578 g/mol. The van der Waals surface area contributed by atoms with E-state index in [9.17, 15) is 9.90 Å². The van der Waals surface area contributed by atoms with Crippen molar-refractivity contribution in [2.75, 3.05) is 14.2 Å². The molecule has 5 rings (SSSR count). The first kappa shape index (κ1) is 26.2. The predicted molar refractivity (Wildman–Crippen MR) is 138 cm³/mol. The Morgan fingerprint density at radius 2 is 1.95 bits per heavy atom. The van der Waals surface area contributed by atoms with E-state index < -0.39 is 18.2 Å². The molecule has 0 spiro atoms. The number of aromatic nitrogens is 6. The second-order valence-corrected chi connectivity index (χ2v) is 9.51. The molecular formula is C24H21Cl3N6O5. The van der Waals surface area contributed by atoms with Crippen molar-refractivity contribution in [1.82, 2.24) is 29.8 Å². The van der Waals surface area contributed by atoms with Crippen molar-refractivity contribution in [3.05, 3.63) is 74.5 Å². The lowest BCUT2D eigenvalue weighted by molar-refractivity contribution is -0.136.